The number of carbonyl (C=O) groups excluding carboxylic acids is 2. The van der Waals surface area contributed by atoms with E-state index in [0.29, 0.717) is 23.3 Å². The largest absolute Gasteiger partial charge is 0.443 e. The lowest BCUT2D eigenvalue weighted by Crippen LogP contribution is -2.48. The molecule has 1 unspecified atom stereocenters. The van der Waals surface area contributed by atoms with Crippen LogP contribution in [-0.4, -0.2) is 39.1 Å². The summed E-state index contributed by atoms with van der Waals surface area (Å²) in [6.45, 7) is 10.5. The summed E-state index contributed by atoms with van der Waals surface area (Å²) < 4.78 is 29.1. The van der Waals surface area contributed by atoms with Crippen LogP contribution in [0.4, 0.5) is 25.5 Å². The summed E-state index contributed by atoms with van der Waals surface area (Å²) >= 11 is 0. The number of ether oxygens (including phenoxy) is 2. The van der Waals surface area contributed by atoms with Crippen LogP contribution in [0.15, 0.2) is 64.2 Å². The predicted molar refractivity (Wildman–Crippen MR) is 165 cm³/mol. The third-order valence-electron chi connectivity index (χ3n) is 7.35. The van der Waals surface area contributed by atoms with Gasteiger partial charge in [0.25, 0.3) is 5.56 Å². The van der Waals surface area contributed by atoms with Crippen molar-refractivity contribution in [2.24, 2.45) is 0 Å². The summed E-state index contributed by atoms with van der Waals surface area (Å²) in [6.07, 6.45) is 0.606. The van der Waals surface area contributed by atoms with Gasteiger partial charge >= 0.3 is 17.9 Å². The van der Waals surface area contributed by atoms with Gasteiger partial charge in [-0.25, -0.2) is 23.3 Å². The molecular weight excluding hydrogens is 567 g/mol. The molecule has 1 atom stereocenters. The Bertz CT molecular complexity index is 1650. The molecular formula is C33H39FN4O6. The third kappa shape index (κ3) is 6.56. The first-order valence-electron chi connectivity index (χ1n) is 14.9. The molecule has 5 rings (SSSR count). The zero-order chi connectivity index (χ0) is 32.0. The number of hydrogen-bond donors (Lipinski definition) is 0. The van der Waals surface area contributed by atoms with Crippen molar-refractivity contribution in [3.8, 4) is 5.69 Å². The van der Waals surface area contributed by atoms with Gasteiger partial charge in [0.2, 0.25) is 0 Å². The molecule has 2 aliphatic rings. The van der Waals surface area contributed by atoms with Gasteiger partial charge in [-0.05, 0) is 97.1 Å². The molecule has 1 aliphatic heterocycles. The van der Waals surface area contributed by atoms with Gasteiger partial charge in [-0.2, -0.15) is 4.90 Å². The van der Waals surface area contributed by atoms with Crippen LogP contribution >= 0.6 is 0 Å². The molecule has 0 radical (unpaired) electrons. The summed E-state index contributed by atoms with van der Waals surface area (Å²) in [6, 6.07) is 15.0. The van der Waals surface area contributed by atoms with Crippen molar-refractivity contribution in [1.82, 2.24) is 9.13 Å². The molecule has 2 heterocycles. The average Bonchev–Trinajstić information content (AvgIpc) is 3.61. The Morgan fingerprint density at radius 2 is 1.48 bits per heavy atom. The fraction of sp³-hybridized carbons (Fsp3) is 0.455. The maximum atomic E-state index is 16.2. The highest BCUT2D eigenvalue weighted by Gasteiger charge is 2.38. The number of rotatable bonds is 5. The zero-order valence-corrected chi connectivity index (χ0v) is 26.0. The number of halogens is 1. The maximum Gasteiger partial charge on any atom is 0.425 e. The number of imide groups is 1. The molecule has 44 heavy (non-hydrogen) atoms. The quantitative estimate of drug-likeness (QED) is 0.327. The van der Waals surface area contributed by atoms with Gasteiger partial charge in [0, 0.05) is 24.3 Å². The minimum atomic E-state index is -1.18. The first kappa shape index (κ1) is 31.0. The molecule has 2 amide bonds. The van der Waals surface area contributed by atoms with E-state index in [0.717, 1.165) is 40.3 Å². The minimum Gasteiger partial charge on any atom is -0.443 e. The van der Waals surface area contributed by atoms with E-state index < -0.39 is 46.3 Å². The lowest BCUT2D eigenvalue weighted by atomic mass is 10.0. The molecule has 1 aromatic heterocycles. The Labute approximate surface area is 255 Å². The fourth-order valence-corrected chi connectivity index (χ4v) is 5.43. The maximum absolute atomic E-state index is 16.2. The van der Waals surface area contributed by atoms with Crippen molar-refractivity contribution in [3.05, 3.63) is 86.8 Å². The first-order chi connectivity index (χ1) is 20.6. The number of benzene rings is 2. The van der Waals surface area contributed by atoms with Crippen LogP contribution < -0.4 is 21.0 Å². The van der Waals surface area contributed by atoms with E-state index in [1.165, 1.54) is 12.1 Å². The molecule has 10 nitrogen and oxygen atoms in total. The number of nitrogens with zero attached hydrogens (tertiary/aromatic N) is 4. The summed E-state index contributed by atoms with van der Waals surface area (Å²) in [5, 5.41) is 0. The number of anilines is 2. The molecule has 0 spiro atoms. The average molecular weight is 607 g/mol. The molecule has 1 aliphatic carbocycles. The number of amides is 2. The van der Waals surface area contributed by atoms with Crippen LogP contribution in [0.1, 0.15) is 84.9 Å². The van der Waals surface area contributed by atoms with Gasteiger partial charge < -0.3 is 14.4 Å². The number of carbonyl (C=O) groups is 2. The van der Waals surface area contributed by atoms with Crippen LogP contribution in [-0.2, 0) is 9.47 Å². The van der Waals surface area contributed by atoms with Gasteiger partial charge in [0.05, 0.1) is 11.7 Å². The molecule has 2 fully saturated rings. The van der Waals surface area contributed by atoms with Crippen LogP contribution in [0.5, 0.6) is 0 Å². The van der Waals surface area contributed by atoms with Crippen LogP contribution in [0, 0.1) is 5.82 Å². The standard InChI is InChI=1S/C33H39FN4O6/c1-32(2,3)43-30(41)38(31(42)44-33(4,5)6)27-20-28(39)36(23-15-16-23)29(40)37(27)26-17-14-21(19-24(26)34)25-13-10-18-35(25)22-11-8-7-9-12-22/h7-9,11-12,14,17,19-20,23,25H,10,13,15-16,18H2,1-6H3. The Balaban J connectivity index is 1.66. The van der Waals surface area contributed by atoms with Crippen molar-refractivity contribution in [1.29, 1.82) is 0 Å². The Morgan fingerprint density at radius 1 is 0.864 bits per heavy atom. The first-order valence-corrected chi connectivity index (χ1v) is 14.9. The molecule has 1 saturated carbocycles. The molecule has 234 valence electrons. The molecule has 2 aromatic carbocycles. The van der Waals surface area contributed by atoms with Gasteiger partial charge in [0.15, 0.2) is 0 Å². The summed E-state index contributed by atoms with van der Waals surface area (Å²) in [4.78, 5) is 56.9. The van der Waals surface area contributed by atoms with E-state index in [-0.39, 0.29) is 17.8 Å². The normalized spacial score (nSPS) is 17.0. The van der Waals surface area contributed by atoms with E-state index in [1.54, 1.807) is 47.6 Å². The topological polar surface area (TPSA) is 103 Å². The van der Waals surface area contributed by atoms with Crippen LogP contribution in [0.3, 0.4) is 0 Å². The van der Waals surface area contributed by atoms with Crippen molar-refractivity contribution < 1.29 is 23.5 Å². The van der Waals surface area contributed by atoms with Crippen molar-refractivity contribution in [2.75, 3.05) is 16.3 Å². The highest BCUT2D eigenvalue weighted by atomic mass is 19.1. The molecule has 0 bridgehead atoms. The molecule has 11 heteroatoms. The SMILES string of the molecule is CC(C)(C)OC(=O)N(C(=O)OC(C)(C)C)c1cc(=O)n(C2CC2)c(=O)n1-c1ccc(C2CCCN2c2ccccc2)cc1F. The van der Waals surface area contributed by atoms with Crippen molar-refractivity contribution >= 4 is 23.7 Å². The van der Waals surface area contributed by atoms with Crippen LogP contribution in [0.2, 0.25) is 0 Å². The zero-order valence-electron chi connectivity index (χ0n) is 26.0. The van der Waals surface area contributed by atoms with Gasteiger partial charge in [-0.15, -0.1) is 0 Å². The van der Waals surface area contributed by atoms with E-state index in [4.69, 9.17) is 9.47 Å². The smallest absolute Gasteiger partial charge is 0.425 e. The third-order valence-corrected chi connectivity index (χ3v) is 7.35. The fourth-order valence-electron chi connectivity index (χ4n) is 5.43. The Morgan fingerprint density at radius 3 is 2.02 bits per heavy atom. The van der Waals surface area contributed by atoms with E-state index in [2.05, 4.69) is 4.90 Å². The van der Waals surface area contributed by atoms with E-state index in [1.807, 2.05) is 30.3 Å². The van der Waals surface area contributed by atoms with Crippen molar-refractivity contribution in [3.63, 3.8) is 0 Å². The number of para-hydroxylation sites is 1. The number of hydrogen-bond acceptors (Lipinski definition) is 7. The molecule has 0 N–H and O–H groups in total. The highest BCUT2D eigenvalue weighted by Crippen LogP contribution is 2.37. The van der Waals surface area contributed by atoms with E-state index >= 15 is 4.39 Å². The lowest BCUT2D eigenvalue weighted by molar-refractivity contribution is 0.0427. The Kier molecular flexibility index (Phi) is 8.17. The lowest BCUT2D eigenvalue weighted by Gasteiger charge is -2.30. The second-order valence-corrected chi connectivity index (χ2v) is 13.3. The Hall–Kier alpha value is -4.41. The van der Waals surface area contributed by atoms with Gasteiger partial charge in [-0.3, -0.25) is 9.36 Å². The van der Waals surface area contributed by atoms with Gasteiger partial charge in [0.1, 0.15) is 22.8 Å². The van der Waals surface area contributed by atoms with Crippen molar-refractivity contribution in [2.45, 2.75) is 90.5 Å². The molecule has 1 saturated heterocycles. The van der Waals surface area contributed by atoms with E-state index in [9.17, 15) is 19.2 Å². The predicted octanol–water partition coefficient (Wildman–Crippen LogP) is 6.49. The second kappa shape index (κ2) is 11.6. The minimum absolute atomic E-state index is 0.0856. The number of aromatic nitrogens is 2. The van der Waals surface area contributed by atoms with Gasteiger partial charge in [-0.1, -0.05) is 24.3 Å². The second-order valence-electron chi connectivity index (χ2n) is 13.3. The highest BCUT2D eigenvalue weighted by molar-refractivity contribution is 6.09. The van der Waals surface area contributed by atoms with Crippen LogP contribution in [0.25, 0.3) is 5.69 Å². The summed E-state index contributed by atoms with van der Waals surface area (Å²) in [7, 11) is 0. The molecule has 3 aromatic rings. The summed E-state index contributed by atoms with van der Waals surface area (Å²) in [5.74, 6) is -1.22. The summed E-state index contributed by atoms with van der Waals surface area (Å²) in [5.41, 5.74) is -2.14. The monoisotopic (exact) mass is 606 g/mol.